The molecule has 0 rings (SSSR count). The Morgan fingerprint density at radius 3 is 1.29 bits per heavy atom. The second-order valence-corrected chi connectivity index (χ2v) is 8.78. The molecule has 0 heterocycles. The summed E-state index contributed by atoms with van der Waals surface area (Å²) in [5, 5.41) is 0. The highest BCUT2D eigenvalue weighted by atomic mass is 16.5. The summed E-state index contributed by atoms with van der Waals surface area (Å²) in [6, 6.07) is 0. The summed E-state index contributed by atoms with van der Waals surface area (Å²) in [7, 11) is 0. The molecule has 0 atom stereocenters. The Kier molecular flexibility index (Phi) is 19.3. The highest BCUT2D eigenvalue weighted by Crippen LogP contribution is 2.41. The molecular formula is C27H48O4. The smallest absolute Gasteiger partial charge is 0.330 e. The summed E-state index contributed by atoms with van der Waals surface area (Å²) >= 11 is 0. The fraction of sp³-hybridized carbons (Fsp3) is 0.778. The molecular weight excluding hydrogens is 388 g/mol. The van der Waals surface area contributed by atoms with Crippen molar-refractivity contribution in [1.29, 1.82) is 0 Å². The van der Waals surface area contributed by atoms with Gasteiger partial charge in [-0.15, -0.1) is 0 Å². The van der Waals surface area contributed by atoms with Gasteiger partial charge in [-0.2, -0.15) is 0 Å². The molecule has 0 aromatic rings. The average molecular weight is 437 g/mol. The van der Waals surface area contributed by atoms with Gasteiger partial charge in [0.05, 0.1) is 13.2 Å². The first-order valence-corrected chi connectivity index (χ1v) is 12.6. The van der Waals surface area contributed by atoms with Gasteiger partial charge in [0.2, 0.25) is 0 Å². The maximum atomic E-state index is 11.3. The van der Waals surface area contributed by atoms with Crippen LogP contribution in [-0.4, -0.2) is 25.2 Å². The first-order valence-electron chi connectivity index (χ1n) is 12.6. The Balaban J connectivity index is 4.82. The molecule has 0 aromatic carbocycles. The SMILES string of the molecule is C=CC(=O)OCCCCC(CCCCCC)(CCCCCC)CCCCOC(=O)C=C. The Labute approximate surface area is 191 Å². The Morgan fingerprint density at radius 2 is 0.968 bits per heavy atom. The molecule has 0 amide bonds. The van der Waals surface area contributed by atoms with Gasteiger partial charge in [-0.1, -0.05) is 78.4 Å². The normalized spacial score (nSPS) is 11.2. The maximum Gasteiger partial charge on any atom is 0.330 e. The van der Waals surface area contributed by atoms with Crippen molar-refractivity contribution in [3.8, 4) is 0 Å². The van der Waals surface area contributed by atoms with Crippen molar-refractivity contribution < 1.29 is 19.1 Å². The van der Waals surface area contributed by atoms with Gasteiger partial charge < -0.3 is 9.47 Å². The average Bonchev–Trinajstić information content (AvgIpc) is 2.78. The van der Waals surface area contributed by atoms with Crippen LogP contribution in [0, 0.1) is 5.41 Å². The van der Waals surface area contributed by atoms with E-state index < -0.39 is 0 Å². The summed E-state index contributed by atoms with van der Waals surface area (Å²) in [5.74, 6) is -0.668. The lowest BCUT2D eigenvalue weighted by molar-refractivity contribution is -0.138. The molecule has 180 valence electrons. The van der Waals surface area contributed by atoms with Crippen LogP contribution in [0.25, 0.3) is 0 Å². The van der Waals surface area contributed by atoms with Crippen LogP contribution in [-0.2, 0) is 19.1 Å². The fourth-order valence-corrected chi connectivity index (χ4v) is 4.27. The molecule has 0 aliphatic rings. The van der Waals surface area contributed by atoms with Gasteiger partial charge in [0, 0.05) is 12.2 Å². The zero-order chi connectivity index (χ0) is 23.2. The first kappa shape index (κ1) is 29.4. The van der Waals surface area contributed by atoms with Crippen LogP contribution in [0.1, 0.15) is 117 Å². The van der Waals surface area contributed by atoms with E-state index in [4.69, 9.17) is 9.47 Å². The van der Waals surface area contributed by atoms with Crippen molar-refractivity contribution in [2.45, 2.75) is 117 Å². The number of rotatable bonds is 22. The second kappa shape index (κ2) is 20.3. The van der Waals surface area contributed by atoms with E-state index in [2.05, 4.69) is 27.0 Å². The van der Waals surface area contributed by atoms with Gasteiger partial charge in [0.15, 0.2) is 0 Å². The van der Waals surface area contributed by atoms with Crippen LogP contribution in [0.5, 0.6) is 0 Å². The van der Waals surface area contributed by atoms with Crippen molar-refractivity contribution in [3.05, 3.63) is 25.3 Å². The van der Waals surface area contributed by atoms with E-state index in [1.165, 1.54) is 89.2 Å². The van der Waals surface area contributed by atoms with Gasteiger partial charge in [0.25, 0.3) is 0 Å². The van der Waals surface area contributed by atoms with Gasteiger partial charge in [-0.3, -0.25) is 0 Å². The van der Waals surface area contributed by atoms with E-state index in [0.717, 1.165) is 25.7 Å². The number of unbranched alkanes of at least 4 members (excludes halogenated alkanes) is 8. The highest BCUT2D eigenvalue weighted by Gasteiger charge is 2.28. The van der Waals surface area contributed by atoms with Gasteiger partial charge in [0.1, 0.15) is 0 Å². The largest absolute Gasteiger partial charge is 0.463 e. The van der Waals surface area contributed by atoms with E-state index in [9.17, 15) is 9.59 Å². The molecule has 31 heavy (non-hydrogen) atoms. The summed E-state index contributed by atoms with van der Waals surface area (Å²) in [5.41, 5.74) is 0.354. The molecule has 0 aliphatic carbocycles. The van der Waals surface area contributed by atoms with Crippen LogP contribution >= 0.6 is 0 Å². The van der Waals surface area contributed by atoms with Crippen molar-refractivity contribution in [3.63, 3.8) is 0 Å². The molecule has 0 saturated carbocycles. The highest BCUT2D eigenvalue weighted by molar-refractivity contribution is 5.81. The van der Waals surface area contributed by atoms with Gasteiger partial charge >= 0.3 is 11.9 Å². The van der Waals surface area contributed by atoms with E-state index in [-0.39, 0.29) is 11.9 Å². The zero-order valence-electron chi connectivity index (χ0n) is 20.4. The third kappa shape index (κ3) is 16.7. The lowest BCUT2D eigenvalue weighted by Crippen LogP contribution is -2.22. The van der Waals surface area contributed by atoms with E-state index in [1.807, 2.05) is 0 Å². The summed E-state index contributed by atoms with van der Waals surface area (Å²) in [6.07, 6.45) is 21.7. The fourth-order valence-electron chi connectivity index (χ4n) is 4.27. The number of hydrogen-bond acceptors (Lipinski definition) is 4. The van der Waals surface area contributed by atoms with E-state index >= 15 is 0 Å². The predicted molar refractivity (Wildman–Crippen MR) is 130 cm³/mol. The number of esters is 2. The number of ether oxygens (including phenoxy) is 2. The van der Waals surface area contributed by atoms with Crippen LogP contribution < -0.4 is 0 Å². The summed E-state index contributed by atoms with van der Waals surface area (Å²) < 4.78 is 10.3. The monoisotopic (exact) mass is 436 g/mol. The lowest BCUT2D eigenvalue weighted by Gasteiger charge is -2.35. The standard InChI is InChI=1S/C27H48O4/c1-5-9-11-13-19-27(20-14-12-10-6-2,21-15-17-23-30-25(28)7-3)22-16-18-24-31-26(29)8-4/h7-8H,3-6,9-24H2,1-2H3. The molecule has 0 spiro atoms. The van der Waals surface area contributed by atoms with Crippen molar-refractivity contribution in [2.75, 3.05) is 13.2 Å². The molecule has 0 bridgehead atoms. The summed E-state index contributed by atoms with van der Waals surface area (Å²) in [6.45, 7) is 12.4. The zero-order valence-corrected chi connectivity index (χ0v) is 20.4. The van der Waals surface area contributed by atoms with Crippen molar-refractivity contribution >= 4 is 11.9 Å². The quantitative estimate of drug-likeness (QED) is 0.0990. The minimum Gasteiger partial charge on any atom is -0.463 e. The van der Waals surface area contributed by atoms with E-state index in [1.54, 1.807) is 0 Å². The van der Waals surface area contributed by atoms with Crippen molar-refractivity contribution in [2.24, 2.45) is 5.41 Å². The summed E-state index contributed by atoms with van der Waals surface area (Å²) in [4.78, 5) is 22.5. The van der Waals surface area contributed by atoms with Crippen LogP contribution in [0.15, 0.2) is 25.3 Å². The lowest BCUT2D eigenvalue weighted by atomic mass is 9.71. The van der Waals surface area contributed by atoms with Crippen LogP contribution in [0.3, 0.4) is 0 Å². The maximum absolute atomic E-state index is 11.3. The van der Waals surface area contributed by atoms with Crippen LogP contribution in [0.2, 0.25) is 0 Å². The molecule has 0 N–H and O–H groups in total. The molecule has 0 aliphatic heterocycles. The molecule has 0 unspecified atom stereocenters. The Hall–Kier alpha value is -1.58. The Morgan fingerprint density at radius 1 is 0.613 bits per heavy atom. The number of hydrogen-bond donors (Lipinski definition) is 0. The molecule has 0 fully saturated rings. The van der Waals surface area contributed by atoms with E-state index in [0.29, 0.717) is 18.6 Å². The minimum atomic E-state index is -0.334. The molecule has 4 nitrogen and oxygen atoms in total. The second-order valence-electron chi connectivity index (χ2n) is 8.78. The third-order valence-electron chi connectivity index (χ3n) is 6.15. The molecule has 0 radical (unpaired) electrons. The Bertz CT molecular complexity index is 440. The minimum absolute atomic E-state index is 0.334. The number of carbonyl (C=O) groups excluding carboxylic acids is 2. The van der Waals surface area contributed by atoms with Gasteiger partial charge in [-0.05, 0) is 56.8 Å². The third-order valence-corrected chi connectivity index (χ3v) is 6.15. The molecule has 0 aromatic heterocycles. The predicted octanol–water partition coefficient (Wildman–Crippen LogP) is 7.71. The van der Waals surface area contributed by atoms with Gasteiger partial charge in [-0.25, -0.2) is 9.59 Å². The first-order chi connectivity index (χ1) is 15.0. The topological polar surface area (TPSA) is 52.6 Å². The van der Waals surface area contributed by atoms with Crippen molar-refractivity contribution in [1.82, 2.24) is 0 Å². The molecule has 0 saturated heterocycles. The van der Waals surface area contributed by atoms with Crippen LogP contribution in [0.4, 0.5) is 0 Å². The number of carbonyl (C=O) groups is 2. The molecule has 4 heteroatoms.